The summed E-state index contributed by atoms with van der Waals surface area (Å²) in [4.78, 5) is 23.2. The molecule has 0 saturated carbocycles. The van der Waals surface area contributed by atoms with Gasteiger partial charge in [-0.25, -0.2) is 4.68 Å². The first kappa shape index (κ1) is 21.2. The van der Waals surface area contributed by atoms with E-state index in [9.17, 15) is 18.4 Å². The fourth-order valence-electron chi connectivity index (χ4n) is 2.72. The largest absolute Gasteiger partial charge is 0.487 e. The highest BCUT2D eigenvalue weighted by atomic mass is 19.3. The van der Waals surface area contributed by atoms with Crippen molar-refractivity contribution in [2.45, 2.75) is 26.7 Å². The first-order chi connectivity index (χ1) is 14.1. The molecule has 0 bridgehead atoms. The molecule has 0 fully saturated rings. The van der Waals surface area contributed by atoms with Gasteiger partial charge in [-0.05, 0) is 38.1 Å². The Bertz CT molecular complexity index is 1180. The van der Waals surface area contributed by atoms with Gasteiger partial charge in [0, 0.05) is 31.6 Å². The number of nitrogens with one attached hydrogen (secondary N) is 1. The molecule has 0 spiro atoms. The fraction of sp³-hybridized carbons (Fsp3) is 0.286. The Labute approximate surface area is 171 Å². The molecule has 9 heteroatoms. The smallest absolute Gasteiger partial charge is 0.322 e. The Morgan fingerprint density at radius 1 is 1.23 bits per heavy atom. The van der Waals surface area contributed by atoms with Crippen LogP contribution in [-0.2, 0) is 11.8 Å². The number of fused-ring (bicyclic) bond motifs is 1. The highest BCUT2D eigenvalue weighted by Gasteiger charge is 2.32. The van der Waals surface area contributed by atoms with Gasteiger partial charge in [-0.1, -0.05) is 5.57 Å². The van der Waals surface area contributed by atoms with E-state index in [1.54, 1.807) is 56.2 Å². The second-order valence-electron chi connectivity index (χ2n) is 7.22. The van der Waals surface area contributed by atoms with Crippen LogP contribution in [0.4, 0.5) is 8.78 Å². The Hall–Kier alpha value is -3.49. The van der Waals surface area contributed by atoms with Gasteiger partial charge >= 0.3 is 5.92 Å². The first-order valence-corrected chi connectivity index (χ1v) is 9.19. The lowest BCUT2D eigenvalue weighted by Crippen LogP contribution is -2.38. The van der Waals surface area contributed by atoms with Gasteiger partial charge in [-0.2, -0.15) is 13.9 Å². The summed E-state index contributed by atoms with van der Waals surface area (Å²) >= 11 is 0. The van der Waals surface area contributed by atoms with E-state index in [-0.39, 0.29) is 17.9 Å². The van der Waals surface area contributed by atoms with Crippen molar-refractivity contribution in [3.05, 3.63) is 64.3 Å². The van der Waals surface area contributed by atoms with E-state index >= 15 is 0 Å². The van der Waals surface area contributed by atoms with Crippen LogP contribution in [0.2, 0.25) is 0 Å². The zero-order chi connectivity index (χ0) is 22.1. The Morgan fingerprint density at radius 2 is 1.97 bits per heavy atom. The normalized spacial score (nSPS) is 11.4. The van der Waals surface area contributed by atoms with Crippen LogP contribution in [0.25, 0.3) is 16.6 Å². The third-order valence-electron chi connectivity index (χ3n) is 4.50. The van der Waals surface area contributed by atoms with Gasteiger partial charge < -0.3 is 14.6 Å². The second kappa shape index (κ2) is 8.10. The predicted molar refractivity (Wildman–Crippen MR) is 109 cm³/mol. The van der Waals surface area contributed by atoms with E-state index in [1.807, 2.05) is 6.07 Å². The summed E-state index contributed by atoms with van der Waals surface area (Å²) in [6.07, 6.45) is 3.35. The standard InChI is InChI=1S/C21H22F2N4O3/c1-13(2)17(25-20(29)21(3,22)23)12-30-16-6-7-18-14(9-16)10-24-27(18)15-5-8-19(28)26(4)11-15/h5-11H,12H2,1-4H3,(H,25,29). The minimum atomic E-state index is -3.48. The maximum atomic E-state index is 13.2. The third-order valence-corrected chi connectivity index (χ3v) is 4.50. The number of aromatic nitrogens is 3. The van der Waals surface area contributed by atoms with Crippen LogP contribution in [-0.4, -0.2) is 32.8 Å². The maximum absolute atomic E-state index is 13.2. The molecule has 0 aliphatic heterocycles. The molecule has 0 atom stereocenters. The number of hydrogen-bond acceptors (Lipinski definition) is 4. The number of nitrogens with zero attached hydrogens (tertiary/aromatic N) is 3. The first-order valence-electron chi connectivity index (χ1n) is 9.19. The van der Waals surface area contributed by atoms with Gasteiger partial charge in [0.2, 0.25) is 5.56 Å². The molecule has 0 radical (unpaired) electrons. The molecule has 7 nitrogen and oxygen atoms in total. The summed E-state index contributed by atoms with van der Waals surface area (Å²) in [7, 11) is 1.66. The van der Waals surface area contributed by atoms with Crippen molar-refractivity contribution in [1.29, 1.82) is 0 Å². The number of pyridine rings is 1. The number of rotatable bonds is 6. The van der Waals surface area contributed by atoms with E-state index in [0.29, 0.717) is 18.2 Å². The van der Waals surface area contributed by atoms with Crippen molar-refractivity contribution >= 4 is 16.8 Å². The van der Waals surface area contributed by atoms with Crippen molar-refractivity contribution in [2.24, 2.45) is 7.05 Å². The molecule has 1 N–H and O–H groups in total. The molecule has 1 amide bonds. The number of amides is 1. The third kappa shape index (κ3) is 4.56. The summed E-state index contributed by atoms with van der Waals surface area (Å²) in [5, 5.41) is 7.38. The number of allylic oxidation sites excluding steroid dienone is 1. The summed E-state index contributed by atoms with van der Waals surface area (Å²) < 4.78 is 35.2. The van der Waals surface area contributed by atoms with Gasteiger partial charge in [0.1, 0.15) is 12.4 Å². The number of halogens is 2. The van der Waals surface area contributed by atoms with Crippen LogP contribution < -0.4 is 15.6 Å². The minimum absolute atomic E-state index is 0.0649. The zero-order valence-corrected chi connectivity index (χ0v) is 17.1. The lowest BCUT2D eigenvalue weighted by Gasteiger charge is -2.16. The summed E-state index contributed by atoms with van der Waals surface area (Å²) in [6.45, 7) is 3.88. The van der Waals surface area contributed by atoms with E-state index in [2.05, 4.69) is 10.4 Å². The molecule has 30 heavy (non-hydrogen) atoms. The fourth-order valence-corrected chi connectivity index (χ4v) is 2.72. The van der Waals surface area contributed by atoms with Gasteiger partial charge in [-0.3, -0.25) is 9.59 Å². The average molecular weight is 416 g/mol. The zero-order valence-electron chi connectivity index (χ0n) is 17.1. The number of alkyl halides is 2. The summed E-state index contributed by atoms with van der Waals surface area (Å²) in [6, 6.07) is 8.45. The molecule has 3 rings (SSSR count). The van der Waals surface area contributed by atoms with Crippen LogP contribution >= 0.6 is 0 Å². The van der Waals surface area contributed by atoms with Gasteiger partial charge in [0.25, 0.3) is 5.91 Å². The SMILES string of the molecule is CC(C)=C(COc1ccc2c(cnn2-c2ccc(=O)n(C)c2)c1)NC(=O)C(C)(F)F. The van der Waals surface area contributed by atoms with Crippen LogP contribution in [0.15, 0.2) is 58.8 Å². The number of benzene rings is 1. The molecule has 0 aliphatic carbocycles. The van der Waals surface area contributed by atoms with Crippen molar-refractivity contribution in [2.75, 3.05) is 6.61 Å². The number of aryl methyl sites for hydroxylation is 1. The summed E-state index contributed by atoms with van der Waals surface area (Å²) in [5.41, 5.74) is 2.37. The van der Waals surface area contributed by atoms with E-state index < -0.39 is 11.8 Å². The second-order valence-corrected chi connectivity index (χ2v) is 7.22. The number of carbonyl (C=O) groups excluding carboxylic acids is 1. The molecule has 2 aromatic heterocycles. The van der Waals surface area contributed by atoms with Crippen LogP contribution in [0.5, 0.6) is 5.75 Å². The van der Waals surface area contributed by atoms with E-state index in [0.717, 1.165) is 16.6 Å². The number of ether oxygens (including phenoxy) is 1. The number of carbonyl (C=O) groups is 1. The topological polar surface area (TPSA) is 78.2 Å². The summed E-state index contributed by atoms with van der Waals surface area (Å²) in [5.74, 6) is -4.36. The molecular weight excluding hydrogens is 394 g/mol. The molecule has 2 heterocycles. The van der Waals surface area contributed by atoms with E-state index in [1.165, 1.54) is 10.6 Å². The lowest BCUT2D eigenvalue weighted by molar-refractivity contribution is -0.142. The Balaban J connectivity index is 1.79. The quantitative estimate of drug-likeness (QED) is 0.670. The highest BCUT2D eigenvalue weighted by molar-refractivity contribution is 5.84. The predicted octanol–water partition coefficient (Wildman–Crippen LogP) is 3.17. The molecule has 1 aromatic carbocycles. The molecule has 0 aliphatic rings. The molecule has 0 unspecified atom stereocenters. The van der Waals surface area contributed by atoms with E-state index in [4.69, 9.17) is 4.74 Å². The Morgan fingerprint density at radius 3 is 2.60 bits per heavy atom. The van der Waals surface area contributed by atoms with Gasteiger partial charge in [0.05, 0.1) is 23.1 Å². The Kier molecular flexibility index (Phi) is 5.73. The number of hydrogen-bond donors (Lipinski definition) is 1. The average Bonchev–Trinajstić information content (AvgIpc) is 3.09. The van der Waals surface area contributed by atoms with Gasteiger partial charge in [0.15, 0.2) is 0 Å². The molecule has 0 saturated heterocycles. The lowest BCUT2D eigenvalue weighted by atomic mass is 10.2. The molecule has 158 valence electrons. The van der Waals surface area contributed by atoms with Crippen molar-refractivity contribution in [1.82, 2.24) is 19.7 Å². The molecular formula is C21H22F2N4O3. The van der Waals surface area contributed by atoms with Gasteiger partial charge in [-0.15, -0.1) is 0 Å². The highest BCUT2D eigenvalue weighted by Crippen LogP contribution is 2.23. The van der Waals surface area contributed by atoms with Crippen LogP contribution in [0.1, 0.15) is 20.8 Å². The minimum Gasteiger partial charge on any atom is -0.487 e. The van der Waals surface area contributed by atoms with Crippen molar-refractivity contribution < 1.29 is 18.3 Å². The van der Waals surface area contributed by atoms with Crippen LogP contribution in [0, 0.1) is 0 Å². The monoisotopic (exact) mass is 416 g/mol. The van der Waals surface area contributed by atoms with Crippen LogP contribution in [0.3, 0.4) is 0 Å². The maximum Gasteiger partial charge on any atom is 0.322 e. The van der Waals surface area contributed by atoms with Crippen molar-refractivity contribution in [3.8, 4) is 11.4 Å². The van der Waals surface area contributed by atoms with Crippen molar-refractivity contribution in [3.63, 3.8) is 0 Å². The molecule has 3 aromatic rings.